The summed E-state index contributed by atoms with van der Waals surface area (Å²) in [6, 6.07) is 0. The Morgan fingerprint density at radius 3 is 2.52 bits per heavy atom. The van der Waals surface area contributed by atoms with Crippen molar-refractivity contribution in [2.45, 2.75) is 77.9 Å². The fraction of sp³-hybridized carbons (Fsp3) is 0.810. The average molecular weight is 316 g/mol. The molecule has 0 aromatic heterocycles. The van der Waals surface area contributed by atoms with Gasteiger partial charge in [0.25, 0.3) is 0 Å². The van der Waals surface area contributed by atoms with E-state index in [-0.39, 0.29) is 17.6 Å². The van der Waals surface area contributed by atoms with Gasteiger partial charge in [-0.1, -0.05) is 31.6 Å². The topological polar surface area (TPSA) is 40.5 Å². The van der Waals surface area contributed by atoms with E-state index in [1.165, 1.54) is 30.4 Å². The molecular weight excluding hydrogens is 284 g/mol. The van der Waals surface area contributed by atoms with Crippen molar-refractivity contribution in [3.05, 3.63) is 23.3 Å². The van der Waals surface area contributed by atoms with Crippen LogP contribution in [0.5, 0.6) is 0 Å². The lowest BCUT2D eigenvalue weighted by Gasteiger charge is -2.57. The van der Waals surface area contributed by atoms with Crippen LogP contribution in [0.1, 0.15) is 65.7 Å². The second-order valence-electron chi connectivity index (χ2n) is 9.08. The molecule has 4 aliphatic rings. The maximum atomic E-state index is 10.6. The molecule has 0 heterocycles. The van der Waals surface area contributed by atoms with Crippen molar-refractivity contribution in [1.82, 2.24) is 0 Å². The molecule has 7 atom stereocenters. The molecule has 0 aromatic rings. The Morgan fingerprint density at radius 2 is 1.78 bits per heavy atom. The third kappa shape index (κ3) is 2.07. The molecule has 0 bridgehead atoms. The van der Waals surface area contributed by atoms with E-state index in [0.29, 0.717) is 11.3 Å². The standard InChI is InChI=1S/C21H32O2/c1-4-16-19(23)12-18-15-6-5-13-11-14(22)7-9-20(13,2)17(15)8-10-21(16,18)3/h4,11,14-15,17-19,22-23H,5-10,12H2,1-3H3/t14?,15?,17?,18?,19?,20-,21+/m0/s1. The molecule has 0 aromatic carbocycles. The zero-order valence-electron chi connectivity index (χ0n) is 14.9. The minimum Gasteiger partial charge on any atom is -0.389 e. The van der Waals surface area contributed by atoms with Crippen LogP contribution in [0.3, 0.4) is 0 Å². The zero-order valence-corrected chi connectivity index (χ0v) is 14.9. The van der Waals surface area contributed by atoms with Gasteiger partial charge in [0, 0.05) is 0 Å². The van der Waals surface area contributed by atoms with Gasteiger partial charge in [-0.15, -0.1) is 0 Å². The highest BCUT2D eigenvalue weighted by Crippen LogP contribution is 2.66. The summed E-state index contributed by atoms with van der Waals surface area (Å²) in [5, 5.41) is 20.6. The average Bonchev–Trinajstić information content (AvgIpc) is 2.77. The number of hydrogen-bond donors (Lipinski definition) is 2. The summed E-state index contributed by atoms with van der Waals surface area (Å²) in [7, 11) is 0. The SMILES string of the molecule is CC=C1C(O)CC2C3CCC4=CC(O)CC[C@]4(C)C3CC[C@]12C. The van der Waals surface area contributed by atoms with Gasteiger partial charge in [0.05, 0.1) is 12.2 Å². The molecular formula is C21H32O2. The lowest BCUT2D eigenvalue weighted by atomic mass is 9.47. The van der Waals surface area contributed by atoms with Gasteiger partial charge in [-0.25, -0.2) is 0 Å². The fourth-order valence-corrected chi connectivity index (χ4v) is 7.09. The van der Waals surface area contributed by atoms with Crippen LogP contribution in [-0.2, 0) is 0 Å². The summed E-state index contributed by atoms with van der Waals surface area (Å²) in [6.45, 7) is 6.98. The van der Waals surface area contributed by atoms with E-state index in [2.05, 4.69) is 32.9 Å². The van der Waals surface area contributed by atoms with Crippen molar-refractivity contribution in [3.63, 3.8) is 0 Å². The van der Waals surface area contributed by atoms with Crippen LogP contribution in [0.25, 0.3) is 0 Å². The van der Waals surface area contributed by atoms with Gasteiger partial charge < -0.3 is 10.2 Å². The first-order chi connectivity index (χ1) is 10.9. The minimum atomic E-state index is -0.216. The molecule has 0 saturated heterocycles. The number of hydrogen-bond acceptors (Lipinski definition) is 2. The molecule has 4 rings (SSSR count). The van der Waals surface area contributed by atoms with Crippen molar-refractivity contribution in [2.75, 3.05) is 0 Å². The molecule has 3 fully saturated rings. The smallest absolute Gasteiger partial charge is 0.0758 e. The van der Waals surface area contributed by atoms with Crippen LogP contribution in [-0.4, -0.2) is 22.4 Å². The highest BCUT2D eigenvalue weighted by atomic mass is 16.3. The lowest BCUT2D eigenvalue weighted by molar-refractivity contribution is -0.0325. The van der Waals surface area contributed by atoms with E-state index in [1.807, 2.05) is 0 Å². The number of allylic oxidation sites excluding steroid dienone is 2. The molecule has 2 N–H and O–H groups in total. The third-order valence-corrected chi connectivity index (χ3v) is 8.29. The summed E-state index contributed by atoms with van der Waals surface area (Å²) in [5.41, 5.74) is 3.37. The van der Waals surface area contributed by atoms with Crippen LogP contribution >= 0.6 is 0 Å². The summed E-state index contributed by atoms with van der Waals surface area (Å²) in [4.78, 5) is 0. The van der Waals surface area contributed by atoms with Gasteiger partial charge >= 0.3 is 0 Å². The summed E-state index contributed by atoms with van der Waals surface area (Å²) in [6.07, 6.45) is 11.9. The van der Waals surface area contributed by atoms with E-state index >= 15 is 0 Å². The third-order valence-electron chi connectivity index (χ3n) is 8.29. The van der Waals surface area contributed by atoms with Crippen LogP contribution in [0, 0.1) is 28.6 Å². The lowest BCUT2D eigenvalue weighted by Crippen LogP contribution is -2.49. The first-order valence-electron chi connectivity index (χ1n) is 9.64. The van der Waals surface area contributed by atoms with Crippen molar-refractivity contribution in [2.24, 2.45) is 28.6 Å². The molecule has 4 aliphatic carbocycles. The molecule has 3 saturated carbocycles. The summed E-state index contributed by atoms with van der Waals surface area (Å²) in [5.74, 6) is 2.14. The van der Waals surface area contributed by atoms with E-state index in [9.17, 15) is 10.2 Å². The van der Waals surface area contributed by atoms with Gasteiger partial charge in [-0.05, 0) is 86.0 Å². The predicted molar refractivity (Wildman–Crippen MR) is 92.9 cm³/mol. The van der Waals surface area contributed by atoms with Gasteiger partial charge in [-0.3, -0.25) is 0 Å². The number of fused-ring (bicyclic) bond motifs is 5. The van der Waals surface area contributed by atoms with Gasteiger partial charge in [0.15, 0.2) is 0 Å². The minimum absolute atomic E-state index is 0.216. The Kier molecular flexibility index (Phi) is 3.59. The second kappa shape index (κ2) is 5.20. The number of rotatable bonds is 0. The predicted octanol–water partition coefficient (Wildman–Crippen LogP) is 4.23. The normalized spacial score (nSPS) is 54.2. The van der Waals surface area contributed by atoms with Crippen LogP contribution in [0.2, 0.25) is 0 Å². The van der Waals surface area contributed by atoms with Gasteiger partial charge in [0.1, 0.15) is 0 Å². The molecule has 0 radical (unpaired) electrons. The maximum absolute atomic E-state index is 10.6. The molecule has 0 amide bonds. The quantitative estimate of drug-likeness (QED) is 0.657. The molecule has 0 spiro atoms. The Morgan fingerprint density at radius 1 is 1.04 bits per heavy atom. The van der Waals surface area contributed by atoms with Crippen LogP contribution in [0.4, 0.5) is 0 Å². The molecule has 0 aliphatic heterocycles. The largest absolute Gasteiger partial charge is 0.389 e. The Hall–Kier alpha value is -0.600. The molecule has 5 unspecified atom stereocenters. The summed E-state index contributed by atoms with van der Waals surface area (Å²) < 4.78 is 0. The number of aliphatic hydroxyl groups is 2. The highest BCUT2D eigenvalue weighted by molar-refractivity contribution is 5.31. The Bertz CT molecular complexity index is 562. The molecule has 23 heavy (non-hydrogen) atoms. The van der Waals surface area contributed by atoms with E-state index in [4.69, 9.17) is 0 Å². The van der Waals surface area contributed by atoms with Crippen molar-refractivity contribution >= 4 is 0 Å². The van der Waals surface area contributed by atoms with Crippen LogP contribution in [0.15, 0.2) is 23.3 Å². The van der Waals surface area contributed by atoms with E-state index in [0.717, 1.165) is 37.5 Å². The maximum Gasteiger partial charge on any atom is 0.0758 e. The number of aliphatic hydroxyl groups excluding tert-OH is 2. The monoisotopic (exact) mass is 316 g/mol. The summed E-state index contributed by atoms with van der Waals surface area (Å²) >= 11 is 0. The highest BCUT2D eigenvalue weighted by Gasteiger charge is 2.59. The first-order valence-corrected chi connectivity index (χ1v) is 9.64. The Labute approximate surface area is 140 Å². The van der Waals surface area contributed by atoms with Crippen molar-refractivity contribution < 1.29 is 10.2 Å². The van der Waals surface area contributed by atoms with Crippen LogP contribution < -0.4 is 0 Å². The fourth-order valence-electron chi connectivity index (χ4n) is 7.09. The van der Waals surface area contributed by atoms with Crippen molar-refractivity contribution in [3.8, 4) is 0 Å². The zero-order chi connectivity index (χ0) is 16.4. The molecule has 2 nitrogen and oxygen atoms in total. The van der Waals surface area contributed by atoms with E-state index in [1.54, 1.807) is 0 Å². The molecule has 2 heteroatoms. The molecule has 128 valence electrons. The first kappa shape index (κ1) is 15.9. The Balaban J connectivity index is 1.69. The van der Waals surface area contributed by atoms with E-state index < -0.39 is 0 Å². The van der Waals surface area contributed by atoms with Gasteiger partial charge in [-0.2, -0.15) is 0 Å². The second-order valence-corrected chi connectivity index (χ2v) is 9.08. The van der Waals surface area contributed by atoms with Gasteiger partial charge in [0.2, 0.25) is 0 Å². The van der Waals surface area contributed by atoms with Crippen molar-refractivity contribution in [1.29, 1.82) is 0 Å².